The normalized spacial score (nSPS) is 11.1. The Morgan fingerprint density at radius 1 is 1.50 bits per heavy atom. The van der Waals surface area contributed by atoms with Gasteiger partial charge in [-0.3, -0.25) is 0 Å². The zero-order chi connectivity index (χ0) is 14.7. The molecule has 0 fully saturated rings. The van der Waals surface area contributed by atoms with Crippen molar-refractivity contribution in [2.75, 3.05) is 6.61 Å². The highest BCUT2D eigenvalue weighted by Crippen LogP contribution is 2.27. The molecule has 0 spiro atoms. The van der Waals surface area contributed by atoms with Crippen LogP contribution in [0.1, 0.15) is 41.9 Å². The number of rotatable bonds is 5. The first-order chi connectivity index (χ1) is 9.52. The molecule has 108 valence electrons. The van der Waals surface area contributed by atoms with Crippen LogP contribution in [0, 0.1) is 12.8 Å². The van der Waals surface area contributed by atoms with E-state index in [1.807, 2.05) is 6.92 Å². The molecule has 0 N–H and O–H groups in total. The van der Waals surface area contributed by atoms with Gasteiger partial charge in [0.05, 0.1) is 12.1 Å². The van der Waals surface area contributed by atoms with Crippen LogP contribution in [0.5, 0.6) is 0 Å². The zero-order valence-electron chi connectivity index (χ0n) is 12.1. The lowest BCUT2D eigenvalue weighted by molar-refractivity contribution is 0.0517. The van der Waals surface area contributed by atoms with Gasteiger partial charge in [0.15, 0.2) is 5.69 Å². The second-order valence-corrected chi connectivity index (χ2v) is 5.93. The number of carbonyl (C=O) groups is 1. The van der Waals surface area contributed by atoms with E-state index in [1.165, 1.54) is 11.3 Å². The van der Waals surface area contributed by atoms with E-state index in [4.69, 9.17) is 9.15 Å². The van der Waals surface area contributed by atoms with E-state index in [0.29, 0.717) is 36.3 Å². The van der Waals surface area contributed by atoms with Crippen molar-refractivity contribution in [2.45, 2.75) is 34.1 Å². The number of carbonyl (C=O) groups excluding carboxylic acids is 1. The average Bonchev–Trinajstić information content (AvgIpc) is 2.95. The molecule has 0 aliphatic heterocycles. The molecule has 0 aliphatic carbocycles. The predicted octanol–water partition coefficient (Wildman–Crippen LogP) is 3.48. The summed E-state index contributed by atoms with van der Waals surface area (Å²) in [6.45, 7) is 8.16. The molecule has 0 amide bonds. The zero-order valence-corrected chi connectivity index (χ0v) is 12.9. The smallest absolute Gasteiger partial charge is 0.360 e. The summed E-state index contributed by atoms with van der Waals surface area (Å²) in [4.78, 5) is 21.5. The monoisotopic (exact) mass is 294 g/mol. The third-order valence-electron chi connectivity index (χ3n) is 2.71. The van der Waals surface area contributed by atoms with Gasteiger partial charge in [-0.1, -0.05) is 13.8 Å². The van der Waals surface area contributed by atoms with Gasteiger partial charge in [-0.2, -0.15) is 0 Å². The van der Waals surface area contributed by atoms with Crippen LogP contribution in [0.25, 0.3) is 11.6 Å². The van der Waals surface area contributed by atoms with Crippen molar-refractivity contribution in [1.82, 2.24) is 9.97 Å². The number of hydrogen-bond acceptors (Lipinski definition) is 6. The highest BCUT2D eigenvalue weighted by Gasteiger charge is 2.24. The van der Waals surface area contributed by atoms with E-state index < -0.39 is 5.97 Å². The van der Waals surface area contributed by atoms with Crippen LogP contribution in [0.2, 0.25) is 0 Å². The number of esters is 1. The summed E-state index contributed by atoms with van der Waals surface area (Å²) in [5.74, 6) is 0.884. The van der Waals surface area contributed by atoms with Crippen LogP contribution in [-0.2, 0) is 11.2 Å². The van der Waals surface area contributed by atoms with Gasteiger partial charge in [-0.05, 0) is 19.8 Å². The second-order valence-electron chi connectivity index (χ2n) is 4.87. The maximum atomic E-state index is 12.0. The van der Waals surface area contributed by atoms with E-state index in [2.05, 4.69) is 23.8 Å². The molecule has 2 heterocycles. The third-order valence-corrected chi connectivity index (χ3v) is 3.46. The largest absolute Gasteiger partial charge is 0.461 e. The van der Waals surface area contributed by atoms with E-state index in [0.717, 1.165) is 4.88 Å². The Bertz CT molecular complexity index is 601. The highest BCUT2D eigenvalue weighted by molar-refractivity contribution is 7.10. The molecule has 0 unspecified atom stereocenters. The molecule has 6 heteroatoms. The van der Waals surface area contributed by atoms with Crippen LogP contribution in [0.15, 0.2) is 9.93 Å². The summed E-state index contributed by atoms with van der Waals surface area (Å²) >= 11 is 1.52. The first kappa shape index (κ1) is 14.7. The molecule has 0 saturated carbocycles. The fraction of sp³-hybridized carbons (Fsp3) is 0.500. The SMILES string of the molecule is CCOC(=O)c1nc(-c2ncsc2C)oc1CC(C)C. The Morgan fingerprint density at radius 3 is 2.80 bits per heavy atom. The van der Waals surface area contributed by atoms with E-state index in [-0.39, 0.29) is 5.69 Å². The Morgan fingerprint density at radius 2 is 2.25 bits per heavy atom. The number of ether oxygens (including phenoxy) is 1. The van der Waals surface area contributed by atoms with E-state index >= 15 is 0 Å². The number of aryl methyl sites for hydroxylation is 1. The van der Waals surface area contributed by atoms with Crippen LogP contribution < -0.4 is 0 Å². The Kier molecular flexibility index (Phi) is 4.54. The van der Waals surface area contributed by atoms with Crippen molar-refractivity contribution in [3.8, 4) is 11.6 Å². The summed E-state index contributed by atoms with van der Waals surface area (Å²) in [5.41, 5.74) is 2.69. The minimum absolute atomic E-state index is 0.267. The van der Waals surface area contributed by atoms with Gasteiger partial charge in [0, 0.05) is 11.3 Å². The number of oxazole rings is 1. The van der Waals surface area contributed by atoms with Crippen molar-refractivity contribution in [3.63, 3.8) is 0 Å². The van der Waals surface area contributed by atoms with Crippen molar-refractivity contribution in [2.24, 2.45) is 5.92 Å². The maximum Gasteiger partial charge on any atom is 0.360 e. The summed E-state index contributed by atoms with van der Waals surface area (Å²) in [6.07, 6.45) is 0.643. The maximum absolute atomic E-state index is 12.0. The van der Waals surface area contributed by atoms with Gasteiger partial charge in [0.1, 0.15) is 11.5 Å². The fourth-order valence-corrected chi connectivity index (χ4v) is 2.40. The van der Waals surface area contributed by atoms with Crippen molar-refractivity contribution >= 4 is 17.3 Å². The van der Waals surface area contributed by atoms with Gasteiger partial charge in [0.2, 0.25) is 5.89 Å². The first-order valence-corrected chi connectivity index (χ1v) is 7.48. The van der Waals surface area contributed by atoms with Crippen LogP contribution in [0.3, 0.4) is 0 Å². The molecule has 0 radical (unpaired) electrons. The molecule has 5 nitrogen and oxygen atoms in total. The molecule has 2 rings (SSSR count). The Balaban J connectivity index is 2.41. The number of aromatic nitrogens is 2. The molecule has 20 heavy (non-hydrogen) atoms. The molecule has 2 aromatic heterocycles. The summed E-state index contributed by atoms with van der Waals surface area (Å²) in [6, 6.07) is 0. The minimum atomic E-state index is -0.439. The molecule has 0 atom stereocenters. The molecule has 0 saturated heterocycles. The van der Waals surface area contributed by atoms with Crippen LogP contribution >= 0.6 is 11.3 Å². The highest BCUT2D eigenvalue weighted by atomic mass is 32.1. The standard InChI is InChI=1S/C14H18N2O3S/c1-5-18-14(17)12-10(6-8(2)3)19-13(16-12)11-9(4)20-7-15-11/h7-8H,5-6H2,1-4H3. The van der Waals surface area contributed by atoms with E-state index in [1.54, 1.807) is 12.4 Å². The Hall–Kier alpha value is -1.69. The molecular formula is C14H18N2O3S. The fourth-order valence-electron chi connectivity index (χ4n) is 1.83. The van der Waals surface area contributed by atoms with Crippen molar-refractivity contribution in [1.29, 1.82) is 0 Å². The Labute approximate surface area is 122 Å². The molecule has 0 bridgehead atoms. The lowest BCUT2D eigenvalue weighted by atomic mass is 10.1. The lowest BCUT2D eigenvalue weighted by Crippen LogP contribution is -2.09. The van der Waals surface area contributed by atoms with Gasteiger partial charge < -0.3 is 9.15 Å². The van der Waals surface area contributed by atoms with Gasteiger partial charge >= 0.3 is 5.97 Å². The predicted molar refractivity (Wildman–Crippen MR) is 76.8 cm³/mol. The van der Waals surface area contributed by atoms with Crippen LogP contribution in [0.4, 0.5) is 0 Å². The van der Waals surface area contributed by atoms with Gasteiger partial charge in [0.25, 0.3) is 0 Å². The van der Waals surface area contributed by atoms with Crippen molar-refractivity contribution < 1.29 is 13.9 Å². The number of thiazole rings is 1. The second kappa shape index (κ2) is 6.17. The summed E-state index contributed by atoms with van der Waals surface area (Å²) < 4.78 is 10.8. The quantitative estimate of drug-likeness (QED) is 0.790. The number of hydrogen-bond donors (Lipinski definition) is 0. The van der Waals surface area contributed by atoms with Gasteiger partial charge in [-0.25, -0.2) is 14.8 Å². The van der Waals surface area contributed by atoms with Gasteiger partial charge in [-0.15, -0.1) is 11.3 Å². The van der Waals surface area contributed by atoms with E-state index in [9.17, 15) is 4.79 Å². The molecule has 2 aromatic rings. The molecule has 0 aliphatic rings. The first-order valence-electron chi connectivity index (χ1n) is 6.60. The lowest BCUT2D eigenvalue weighted by Gasteiger charge is -2.03. The topological polar surface area (TPSA) is 65.2 Å². The summed E-state index contributed by atoms with van der Waals surface area (Å²) in [5, 5.41) is 0. The van der Waals surface area contributed by atoms with Crippen molar-refractivity contribution in [3.05, 3.63) is 21.8 Å². The minimum Gasteiger partial charge on any atom is -0.461 e. The average molecular weight is 294 g/mol. The van der Waals surface area contributed by atoms with Crippen LogP contribution in [-0.4, -0.2) is 22.5 Å². The summed E-state index contributed by atoms with van der Waals surface area (Å²) in [7, 11) is 0. The number of nitrogens with zero attached hydrogens (tertiary/aromatic N) is 2. The molecule has 0 aromatic carbocycles. The molecular weight excluding hydrogens is 276 g/mol. The third kappa shape index (κ3) is 3.07.